The van der Waals surface area contributed by atoms with E-state index in [-0.39, 0.29) is 0 Å². The number of hydrogen-bond donors (Lipinski definition) is 0. The minimum Gasteiger partial charge on any atom is -0.456 e. The van der Waals surface area contributed by atoms with Gasteiger partial charge in [-0.25, -0.2) is 0 Å². The fourth-order valence-corrected chi connectivity index (χ4v) is 5.75. The Morgan fingerprint density at radius 1 is 0.500 bits per heavy atom. The van der Waals surface area contributed by atoms with Crippen molar-refractivity contribution in [3.63, 3.8) is 0 Å². The number of para-hydroxylation sites is 3. The van der Waals surface area contributed by atoms with Gasteiger partial charge in [0.05, 0.1) is 0 Å². The van der Waals surface area contributed by atoms with E-state index in [2.05, 4.69) is 109 Å². The van der Waals surface area contributed by atoms with Crippen molar-refractivity contribution >= 4 is 66.0 Å². The Hall–Kier alpha value is -5.02. The minimum absolute atomic E-state index is 0.906. The fraction of sp³-hybridized carbons (Fsp3) is 0.0286. The lowest BCUT2D eigenvalue weighted by Gasteiger charge is -2.23. The van der Waals surface area contributed by atoms with Crippen LogP contribution in [0.15, 0.2) is 130 Å². The molecule has 0 aliphatic carbocycles. The summed E-state index contributed by atoms with van der Waals surface area (Å²) < 4.78 is 12.3. The van der Waals surface area contributed by atoms with Crippen molar-refractivity contribution in [1.29, 1.82) is 0 Å². The van der Waals surface area contributed by atoms with E-state index in [1.54, 1.807) is 0 Å². The average Bonchev–Trinajstić information content (AvgIpc) is 3.54. The van der Waals surface area contributed by atoms with Crippen molar-refractivity contribution in [2.24, 2.45) is 0 Å². The zero-order chi connectivity index (χ0) is 25.2. The molecule has 0 spiro atoms. The Labute approximate surface area is 219 Å². The zero-order valence-corrected chi connectivity index (χ0v) is 20.8. The largest absolute Gasteiger partial charge is 0.456 e. The Morgan fingerprint density at radius 3 is 2.05 bits per heavy atom. The summed E-state index contributed by atoms with van der Waals surface area (Å²) in [6.07, 6.45) is 0. The molecule has 0 bridgehead atoms. The number of hydrogen-bond acceptors (Lipinski definition) is 3. The second-order valence-electron chi connectivity index (χ2n) is 9.83. The van der Waals surface area contributed by atoms with Crippen molar-refractivity contribution in [3.05, 3.63) is 121 Å². The molecule has 0 saturated heterocycles. The third kappa shape index (κ3) is 3.09. The molecule has 0 aliphatic rings. The van der Waals surface area contributed by atoms with Crippen molar-refractivity contribution in [1.82, 2.24) is 0 Å². The molecule has 0 aliphatic heterocycles. The first kappa shape index (κ1) is 21.1. The van der Waals surface area contributed by atoms with Crippen LogP contribution in [0.1, 0.15) is 0 Å². The second kappa shape index (κ2) is 7.99. The molecular formula is C35H23NO2. The van der Waals surface area contributed by atoms with Crippen molar-refractivity contribution in [2.75, 3.05) is 11.9 Å². The Kier molecular flexibility index (Phi) is 4.44. The maximum atomic E-state index is 6.27. The average molecular weight is 490 g/mol. The summed E-state index contributed by atoms with van der Waals surface area (Å²) in [4.78, 5) is 2.25. The number of anilines is 2. The van der Waals surface area contributed by atoms with Crippen LogP contribution in [0, 0.1) is 0 Å². The van der Waals surface area contributed by atoms with Gasteiger partial charge in [-0.3, -0.25) is 0 Å². The highest BCUT2D eigenvalue weighted by Gasteiger charge is 2.15. The van der Waals surface area contributed by atoms with Crippen LogP contribution >= 0.6 is 0 Å². The molecule has 0 unspecified atom stereocenters. The van der Waals surface area contributed by atoms with Gasteiger partial charge in [0.15, 0.2) is 0 Å². The van der Waals surface area contributed by atoms with Crippen LogP contribution < -0.4 is 4.90 Å². The van der Waals surface area contributed by atoms with Gasteiger partial charge in [0.25, 0.3) is 0 Å². The van der Waals surface area contributed by atoms with Gasteiger partial charge in [-0.15, -0.1) is 0 Å². The third-order valence-electron chi connectivity index (χ3n) is 7.68. The number of furan rings is 2. The maximum absolute atomic E-state index is 6.27. The molecule has 0 radical (unpaired) electrons. The molecule has 3 nitrogen and oxygen atoms in total. The van der Waals surface area contributed by atoms with Gasteiger partial charge in [-0.2, -0.15) is 0 Å². The van der Waals surface area contributed by atoms with Crippen molar-refractivity contribution in [3.8, 4) is 11.1 Å². The van der Waals surface area contributed by atoms with E-state index in [1.807, 2.05) is 24.3 Å². The standard InChI is InChI=1S/C35H23NO2/c1-36(24-16-19-34-30(21-24)28-10-4-6-12-32(28)37-34)31-11-5-2-8-25(31)22-14-17-26-23(20-22)15-18-29-27-9-3-7-13-33(27)38-35(26)29/h2-21H,1H3. The first-order valence-electron chi connectivity index (χ1n) is 12.8. The molecular weight excluding hydrogens is 466 g/mol. The van der Waals surface area contributed by atoms with Crippen molar-refractivity contribution < 1.29 is 8.83 Å². The summed E-state index contributed by atoms with van der Waals surface area (Å²) in [6.45, 7) is 0. The van der Waals surface area contributed by atoms with E-state index in [1.165, 1.54) is 11.1 Å². The SMILES string of the molecule is CN(c1ccc2oc3ccccc3c2c1)c1ccccc1-c1ccc2c(ccc3c4ccccc4oc23)c1. The highest BCUT2D eigenvalue weighted by Crippen LogP contribution is 2.40. The van der Waals surface area contributed by atoms with E-state index >= 15 is 0 Å². The molecule has 6 aromatic carbocycles. The highest BCUT2D eigenvalue weighted by molar-refractivity contribution is 6.15. The lowest BCUT2D eigenvalue weighted by atomic mass is 9.98. The Morgan fingerprint density at radius 2 is 1.18 bits per heavy atom. The summed E-state index contributed by atoms with van der Waals surface area (Å²) in [7, 11) is 2.13. The summed E-state index contributed by atoms with van der Waals surface area (Å²) in [5.41, 5.74) is 8.30. The lowest BCUT2D eigenvalue weighted by Crippen LogP contribution is -2.10. The van der Waals surface area contributed by atoms with Gasteiger partial charge in [0.2, 0.25) is 0 Å². The van der Waals surface area contributed by atoms with E-state index in [9.17, 15) is 0 Å². The van der Waals surface area contributed by atoms with E-state index < -0.39 is 0 Å². The Balaban J connectivity index is 1.25. The maximum Gasteiger partial charge on any atom is 0.143 e. The van der Waals surface area contributed by atoms with E-state index in [0.29, 0.717) is 0 Å². The molecule has 180 valence electrons. The van der Waals surface area contributed by atoms with Crippen LogP contribution in [0.4, 0.5) is 11.4 Å². The zero-order valence-electron chi connectivity index (χ0n) is 20.8. The monoisotopic (exact) mass is 489 g/mol. The number of rotatable bonds is 3. The first-order valence-corrected chi connectivity index (χ1v) is 12.8. The molecule has 38 heavy (non-hydrogen) atoms. The van der Waals surface area contributed by atoms with Gasteiger partial charge < -0.3 is 13.7 Å². The quantitative estimate of drug-likeness (QED) is 0.247. The minimum atomic E-state index is 0.906. The lowest BCUT2D eigenvalue weighted by molar-refractivity contribution is 0.669. The molecule has 0 saturated carbocycles. The molecule has 2 heterocycles. The van der Waals surface area contributed by atoms with Gasteiger partial charge >= 0.3 is 0 Å². The van der Waals surface area contributed by atoms with Gasteiger partial charge in [0.1, 0.15) is 22.3 Å². The first-order chi connectivity index (χ1) is 18.7. The smallest absolute Gasteiger partial charge is 0.143 e. The van der Waals surface area contributed by atoms with Crippen molar-refractivity contribution in [2.45, 2.75) is 0 Å². The van der Waals surface area contributed by atoms with Gasteiger partial charge in [-0.05, 0) is 65.5 Å². The molecule has 0 N–H and O–H groups in total. The van der Waals surface area contributed by atoms with Crippen LogP contribution in [-0.4, -0.2) is 7.05 Å². The van der Waals surface area contributed by atoms with Crippen LogP contribution in [-0.2, 0) is 0 Å². The number of benzene rings is 6. The molecule has 3 heteroatoms. The van der Waals surface area contributed by atoms with Crippen LogP contribution in [0.5, 0.6) is 0 Å². The number of nitrogens with zero attached hydrogens (tertiary/aromatic N) is 1. The predicted molar refractivity (Wildman–Crippen MR) is 158 cm³/mol. The molecule has 0 amide bonds. The Bertz CT molecular complexity index is 2160. The van der Waals surface area contributed by atoms with E-state index in [4.69, 9.17) is 8.83 Å². The molecule has 2 aromatic heterocycles. The third-order valence-corrected chi connectivity index (χ3v) is 7.68. The van der Waals surface area contributed by atoms with Crippen LogP contribution in [0.2, 0.25) is 0 Å². The normalized spacial score (nSPS) is 11.8. The number of fused-ring (bicyclic) bond motifs is 8. The predicted octanol–water partition coefficient (Wildman–Crippen LogP) is 10.1. The van der Waals surface area contributed by atoms with Crippen LogP contribution in [0.25, 0.3) is 65.8 Å². The van der Waals surface area contributed by atoms with Gasteiger partial charge in [-0.1, -0.05) is 66.7 Å². The molecule has 0 fully saturated rings. The fourth-order valence-electron chi connectivity index (χ4n) is 5.75. The summed E-state index contributed by atoms with van der Waals surface area (Å²) in [6, 6.07) is 42.5. The second-order valence-corrected chi connectivity index (χ2v) is 9.83. The van der Waals surface area contributed by atoms with Crippen LogP contribution in [0.3, 0.4) is 0 Å². The summed E-state index contributed by atoms with van der Waals surface area (Å²) in [5.74, 6) is 0. The molecule has 8 rings (SSSR count). The highest BCUT2D eigenvalue weighted by atomic mass is 16.3. The molecule has 8 aromatic rings. The van der Waals surface area contributed by atoms with Gasteiger partial charge in [0, 0.05) is 50.9 Å². The summed E-state index contributed by atoms with van der Waals surface area (Å²) in [5, 5.41) is 6.87. The topological polar surface area (TPSA) is 29.5 Å². The molecule has 0 atom stereocenters. The summed E-state index contributed by atoms with van der Waals surface area (Å²) >= 11 is 0. The van der Waals surface area contributed by atoms with E-state index in [0.717, 1.165) is 66.0 Å².